The highest BCUT2D eigenvalue weighted by atomic mass is 32.2. The predicted octanol–water partition coefficient (Wildman–Crippen LogP) is 3.53. The second-order valence-corrected chi connectivity index (χ2v) is 6.75. The van der Waals surface area contributed by atoms with Crippen LogP contribution in [0.2, 0.25) is 0 Å². The van der Waals surface area contributed by atoms with Crippen molar-refractivity contribution in [2.45, 2.75) is 63.3 Å². The van der Waals surface area contributed by atoms with Gasteiger partial charge in [-0.2, -0.15) is 0 Å². The van der Waals surface area contributed by atoms with Crippen LogP contribution in [0.3, 0.4) is 0 Å². The maximum absolute atomic E-state index is 11.4. The minimum atomic E-state index is -0.676. The topological polar surface area (TPSA) is 63.1 Å². The van der Waals surface area contributed by atoms with Gasteiger partial charge in [-0.05, 0) is 39.2 Å². The van der Waals surface area contributed by atoms with Crippen molar-refractivity contribution in [3.63, 3.8) is 0 Å². The molecule has 0 amide bonds. The summed E-state index contributed by atoms with van der Waals surface area (Å²) in [6, 6.07) is 0. The molecule has 1 aliphatic rings. The van der Waals surface area contributed by atoms with Crippen LogP contribution in [0.25, 0.3) is 0 Å². The van der Waals surface area contributed by atoms with Crippen molar-refractivity contribution in [1.29, 1.82) is 0 Å². The van der Waals surface area contributed by atoms with Gasteiger partial charge in [-0.15, -0.1) is 0 Å². The number of carboxylic acid groups (broad SMARTS) is 1. The van der Waals surface area contributed by atoms with Crippen LogP contribution in [0.5, 0.6) is 0 Å². The van der Waals surface area contributed by atoms with Gasteiger partial charge in [0.05, 0.1) is 5.92 Å². The van der Waals surface area contributed by atoms with Crippen LogP contribution in [0.15, 0.2) is 5.16 Å². The van der Waals surface area contributed by atoms with Crippen LogP contribution in [-0.2, 0) is 4.79 Å². The minimum Gasteiger partial charge on any atom is -0.481 e. The molecule has 1 fully saturated rings. The zero-order valence-electron chi connectivity index (χ0n) is 12.3. The van der Waals surface area contributed by atoms with Crippen molar-refractivity contribution in [3.05, 3.63) is 17.0 Å². The van der Waals surface area contributed by atoms with E-state index in [2.05, 4.69) is 9.97 Å². The molecule has 2 atom stereocenters. The molecule has 2 unspecified atom stereocenters. The molecule has 2 rings (SSSR count). The van der Waals surface area contributed by atoms with E-state index in [4.69, 9.17) is 0 Å². The number of carbonyl (C=O) groups is 1. The molecule has 0 saturated heterocycles. The van der Waals surface area contributed by atoms with E-state index >= 15 is 0 Å². The largest absolute Gasteiger partial charge is 0.481 e. The molecule has 1 aromatic heterocycles. The SMILES string of the molecule is Cc1nc(SC2CCCCCC2C(=O)O)nc(C)c1C. The number of hydrogen-bond donors (Lipinski definition) is 1. The molecule has 1 aliphatic carbocycles. The van der Waals surface area contributed by atoms with Crippen molar-refractivity contribution in [2.75, 3.05) is 0 Å². The first-order valence-electron chi connectivity index (χ1n) is 7.20. The normalized spacial score (nSPS) is 23.4. The number of hydrogen-bond acceptors (Lipinski definition) is 4. The molecule has 4 nitrogen and oxygen atoms in total. The van der Waals surface area contributed by atoms with Gasteiger partial charge >= 0.3 is 5.97 Å². The fraction of sp³-hybridized carbons (Fsp3) is 0.667. The second-order valence-electron chi connectivity index (χ2n) is 5.54. The lowest BCUT2D eigenvalue weighted by Gasteiger charge is -2.20. The average Bonchev–Trinajstić information content (AvgIpc) is 2.61. The third kappa shape index (κ3) is 3.51. The molecule has 0 aliphatic heterocycles. The van der Waals surface area contributed by atoms with Gasteiger partial charge in [-0.1, -0.05) is 31.0 Å². The molecule has 0 radical (unpaired) electrons. The van der Waals surface area contributed by atoms with Gasteiger partial charge in [0.1, 0.15) is 0 Å². The minimum absolute atomic E-state index is 0.0940. The Balaban J connectivity index is 2.19. The van der Waals surface area contributed by atoms with E-state index in [0.29, 0.717) is 0 Å². The lowest BCUT2D eigenvalue weighted by atomic mass is 10.0. The molecule has 1 N–H and O–H groups in total. The molecule has 0 bridgehead atoms. The van der Waals surface area contributed by atoms with E-state index in [-0.39, 0.29) is 11.2 Å². The predicted molar refractivity (Wildman–Crippen MR) is 80.1 cm³/mol. The number of aromatic nitrogens is 2. The number of aryl methyl sites for hydroxylation is 2. The van der Waals surface area contributed by atoms with Crippen molar-refractivity contribution in [1.82, 2.24) is 9.97 Å². The molecule has 1 aromatic rings. The van der Waals surface area contributed by atoms with Crippen LogP contribution >= 0.6 is 11.8 Å². The third-order valence-corrected chi connectivity index (χ3v) is 5.40. The zero-order chi connectivity index (χ0) is 14.7. The molecular formula is C15H22N2O2S. The highest BCUT2D eigenvalue weighted by molar-refractivity contribution is 7.99. The Labute approximate surface area is 124 Å². The Bertz CT molecular complexity index is 482. The standard InChI is InChI=1S/C15H22N2O2S/c1-9-10(2)16-15(17-11(9)3)20-13-8-6-4-5-7-12(13)14(18)19/h12-13H,4-8H2,1-3H3,(H,18,19). The van der Waals surface area contributed by atoms with E-state index in [1.54, 1.807) is 11.8 Å². The highest BCUT2D eigenvalue weighted by Crippen LogP contribution is 2.35. The molecule has 1 saturated carbocycles. The van der Waals surface area contributed by atoms with E-state index in [9.17, 15) is 9.90 Å². The van der Waals surface area contributed by atoms with Crippen LogP contribution in [0.4, 0.5) is 0 Å². The van der Waals surface area contributed by atoms with Gasteiger partial charge in [0.25, 0.3) is 0 Å². The Morgan fingerprint density at radius 1 is 1.10 bits per heavy atom. The summed E-state index contributed by atoms with van der Waals surface area (Å²) in [6.45, 7) is 5.98. The monoisotopic (exact) mass is 294 g/mol. The summed E-state index contributed by atoms with van der Waals surface area (Å²) in [7, 11) is 0. The fourth-order valence-corrected chi connectivity index (χ4v) is 3.98. The number of carboxylic acids is 1. The lowest BCUT2D eigenvalue weighted by Crippen LogP contribution is -2.25. The van der Waals surface area contributed by atoms with Crippen molar-refractivity contribution >= 4 is 17.7 Å². The van der Waals surface area contributed by atoms with E-state index in [1.165, 1.54) is 0 Å². The maximum atomic E-state index is 11.4. The summed E-state index contributed by atoms with van der Waals surface area (Å²) in [4.78, 5) is 20.5. The molecule has 0 aromatic carbocycles. The number of nitrogens with zero attached hydrogens (tertiary/aromatic N) is 2. The van der Waals surface area contributed by atoms with Crippen LogP contribution in [0.1, 0.15) is 49.1 Å². The van der Waals surface area contributed by atoms with Crippen LogP contribution in [-0.4, -0.2) is 26.3 Å². The van der Waals surface area contributed by atoms with Crippen LogP contribution < -0.4 is 0 Å². The van der Waals surface area contributed by atoms with E-state index in [0.717, 1.165) is 54.2 Å². The summed E-state index contributed by atoms with van der Waals surface area (Å²) in [5.41, 5.74) is 3.09. The Morgan fingerprint density at radius 3 is 2.30 bits per heavy atom. The van der Waals surface area contributed by atoms with Gasteiger partial charge in [-0.3, -0.25) is 4.79 Å². The first-order chi connectivity index (χ1) is 9.49. The second kappa shape index (κ2) is 6.57. The number of rotatable bonds is 3. The molecule has 1 heterocycles. The first kappa shape index (κ1) is 15.3. The summed E-state index contributed by atoms with van der Waals surface area (Å²) < 4.78 is 0. The fourth-order valence-electron chi connectivity index (χ4n) is 2.63. The Hall–Kier alpha value is -1.10. The summed E-state index contributed by atoms with van der Waals surface area (Å²) >= 11 is 1.55. The van der Waals surface area contributed by atoms with Crippen molar-refractivity contribution in [3.8, 4) is 0 Å². The van der Waals surface area contributed by atoms with Crippen LogP contribution in [0, 0.1) is 26.7 Å². The first-order valence-corrected chi connectivity index (χ1v) is 8.08. The van der Waals surface area contributed by atoms with E-state index < -0.39 is 5.97 Å². The van der Waals surface area contributed by atoms with Gasteiger partial charge < -0.3 is 5.11 Å². The molecule has 110 valence electrons. The molecular weight excluding hydrogens is 272 g/mol. The summed E-state index contributed by atoms with van der Waals surface area (Å²) in [5.74, 6) is -0.946. The van der Waals surface area contributed by atoms with Gasteiger partial charge in [0.15, 0.2) is 5.16 Å². The third-order valence-electron chi connectivity index (χ3n) is 4.14. The molecule has 20 heavy (non-hydrogen) atoms. The lowest BCUT2D eigenvalue weighted by molar-refractivity contribution is -0.141. The van der Waals surface area contributed by atoms with Crippen molar-refractivity contribution < 1.29 is 9.90 Å². The van der Waals surface area contributed by atoms with E-state index in [1.807, 2.05) is 20.8 Å². The summed E-state index contributed by atoms with van der Waals surface area (Å²) in [6.07, 6.45) is 4.97. The smallest absolute Gasteiger partial charge is 0.307 e. The number of thioether (sulfide) groups is 1. The number of aliphatic carboxylic acids is 1. The van der Waals surface area contributed by atoms with Gasteiger partial charge in [0, 0.05) is 16.6 Å². The Kier molecular flexibility index (Phi) is 5.02. The van der Waals surface area contributed by atoms with Crippen molar-refractivity contribution in [2.24, 2.45) is 5.92 Å². The summed E-state index contributed by atoms with van der Waals surface area (Å²) in [5, 5.41) is 10.2. The highest BCUT2D eigenvalue weighted by Gasteiger charge is 2.31. The van der Waals surface area contributed by atoms with Gasteiger partial charge in [-0.25, -0.2) is 9.97 Å². The molecule has 5 heteroatoms. The Morgan fingerprint density at radius 2 is 1.70 bits per heavy atom. The zero-order valence-corrected chi connectivity index (χ0v) is 13.2. The average molecular weight is 294 g/mol. The molecule has 0 spiro atoms. The van der Waals surface area contributed by atoms with Gasteiger partial charge in [0.2, 0.25) is 0 Å². The quantitative estimate of drug-likeness (QED) is 0.682. The maximum Gasteiger partial charge on any atom is 0.307 e.